The van der Waals surface area contributed by atoms with Gasteiger partial charge in [0.1, 0.15) is 0 Å². The van der Waals surface area contributed by atoms with Crippen molar-refractivity contribution in [3.63, 3.8) is 0 Å². The number of carboxylic acid groups (broad SMARTS) is 2. The van der Waals surface area contributed by atoms with Gasteiger partial charge in [-0.15, -0.1) is 0 Å². The first kappa shape index (κ1) is 29.0. The standard InChI is InChI=1S/C17H32O4.K.Li/c1-3-5-7-9-11-13-17(15(18)19,16(20)21)14-12-10-8-6-4-2;;/h3-14H2,1-2H3,(H,18,19)(H,20,21);;/q;2*+1/p-2. The summed E-state index contributed by atoms with van der Waals surface area (Å²) < 4.78 is 0. The van der Waals surface area contributed by atoms with Gasteiger partial charge in [-0.3, -0.25) is 0 Å². The molecule has 6 heteroatoms. The molecule has 0 amide bonds. The maximum absolute atomic E-state index is 11.4. The van der Waals surface area contributed by atoms with Crippen molar-refractivity contribution >= 4 is 11.9 Å². The molecule has 23 heavy (non-hydrogen) atoms. The minimum Gasteiger partial charge on any atom is -0.549 e. The van der Waals surface area contributed by atoms with Crippen molar-refractivity contribution in [3.05, 3.63) is 0 Å². The topological polar surface area (TPSA) is 80.3 Å². The fourth-order valence-corrected chi connectivity index (χ4v) is 2.68. The van der Waals surface area contributed by atoms with E-state index < -0.39 is 17.4 Å². The number of rotatable bonds is 14. The molecule has 0 heterocycles. The molecule has 0 aromatic rings. The predicted molar refractivity (Wildman–Crippen MR) is 79.2 cm³/mol. The summed E-state index contributed by atoms with van der Waals surface area (Å²) in [5, 5.41) is 22.7. The number of hydrogen-bond donors (Lipinski definition) is 0. The van der Waals surface area contributed by atoms with Crippen molar-refractivity contribution in [2.24, 2.45) is 5.41 Å². The van der Waals surface area contributed by atoms with Crippen LogP contribution in [0, 0.1) is 5.41 Å². The molecule has 4 nitrogen and oxygen atoms in total. The molecule has 124 valence electrons. The van der Waals surface area contributed by atoms with E-state index >= 15 is 0 Å². The molecule has 0 radical (unpaired) electrons. The van der Waals surface area contributed by atoms with Crippen molar-refractivity contribution in [1.29, 1.82) is 0 Å². The van der Waals surface area contributed by atoms with Crippen molar-refractivity contribution in [1.82, 2.24) is 0 Å². The van der Waals surface area contributed by atoms with E-state index in [2.05, 4.69) is 13.8 Å². The Kier molecular flexibility index (Phi) is 22.6. The molecule has 0 spiro atoms. The van der Waals surface area contributed by atoms with Crippen LogP contribution in [0.25, 0.3) is 0 Å². The van der Waals surface area contributed by atoms with Gasteiger partial charge >= 0.3 is 70.2 Å². The van der Waals surface area contributed by atoms with Gasteiger partial charge in [0.25, 0.3) is 0 Å². The van der Waals surface area contributed by atoms with Crippen LogP contribution < -0.4 is 80.5 Å². The van der Waals surface area contributed by atoms with Crippen LogP contribution in [0.2, 0.25) is 0 Å². The van der Waals surface area contributed by atoms with Gasteiger partial charge in [-0.25, -0.2) is 0 Å². The largest absolute Gasteiger partial charge is 1.00 e. The minimum atomic E-state index is -1.79. The van der Waals surface area contributed by atoms with Gasteiger partial charge in [-0.05, 0) is 12.8 Å². The van der Waals surface area contributed by atoms with E-state index in [1.54, 1.807) is 0 Å². The van der Waals surface area contributed by atoms with E-state index in [9.17, 15) is 19.8 Å². The van der Waals surface area contributed by atoms with Gasteiger partial charge in [0, 0.05) is 5.41 Å². The number of carboxylic acids is 2. The zero-order chi connectivity index (χ0) is 16.1. The summed E-state index contributed by atoms with van der Waals surface area (Å²) in [6, 6.07) is 0. The Morgan fingerprint density at radius 1 is 0.696 bits per heavy atom. The number of aliphatic carboxylic acids is 2. The van der Waals surface area contributed by atoms with Crippen molar-refractivity contribution in [2.75, 3.05) is 0 Å². The molecule has 0 saturated heterocycles. The normalized spacial score (nSPS) is 10.5. The Balaban J connectivity index is -0.00000200. The molecule has 0 atom stereocenters. The van der Waals surface area contributed by atoms with E-state index in [1.807, 2.05) is 0 Å². The summed E-state index contributed by atoms with van der Waals surface area (Å²) in [5.41, 5.74) is -1.79. The average Bonchev–Trinajstić information content (AvgIpc) is 2.44. The first-order valence-corrected chi connectivity index (χ1v) is 8.44. The summed E-state index contributed by atoms with van der Waals surface area (Å²) in [7, 11) is 0. The smallest absolute Gasteiger partial charge is 0.549 e. The van der Waals surface area contributed by atoms with E-state index in [4.69, 9.17) is 0 Å². The molecule has 0 saturated carbocycles. The SMILES string of the molecule is CCCCCCCC(CCCCCCC)(C(=O)[O-])C(=O)[O-].[K+].[Li+]. The Morgan fingerprint density at radius 2 is 1.00 bits per heavy atom. The molecule has 0 unspecified atom stereocenters. The fraction of sp³-hybridized carbons (Fsp3) is 0.882. The third kappa shape index (κ3) is 12.2. The maximum atomic E-state index is 11.4. The average molecular weight is 344 g/mol. The Hall–Kier alpha value is 1.17. The Labute approximate surface area is 196 Å². The molecule has 0 aromatic heterocycles. The van der Waals surface area contributed by atoms with E-state index in [1.165, 1.54) is 0 Å². The van der Waals surface area contributed by atoms with Crippen LogP contribution in [-0.2, 0) is 9.59 Å². The van der Waals surface area contributed by atoms with Crippen LogP contribution in [0.4, 0.5) is 0 Å². The van der Waals surface area contributed by atoms with Crippen LogP contribution in [0.1, 0.15) is 90.9 Å². The second-order valence-electron chi connectivity index (χ2n) is 5.99. The van der Waals surface area contributed by atoms with Gasteiger partial charge in [-0.1, -0.05) is 78.1 Å². The Bertz CT molecular complexity index is 281. The van der Waals surface area contributed by atoms with Gasteiger partial charge in [0.05, 0.1) is 11.9 Å². The number of carbonyl (C=O) groups is 2. The van der Waals surface area contributed by atoms with Crippen molar-refractivity contribution < 1.29 is 90.0 Å². The maximum Gasteiger partial charge on any atom is 1.00 e. The van der Waals surface area contributed by atoms with Crippen LogP contribution in [-0.4, -0.2) is 11.9 Å². The van der Waals surface area contributed by atoms with Crippen LogP contribution in [0.5, 0.6) is 0 Å². The molecular weight excluding hydrogens is 314 g/mol. The Morgan fingerprint density at radius 3 is 1.26 bits per heavy atom. The van der Waals surface area contributed by atoms with Gasteiger partial charge in [0.15, 0.2) is 0 Å². The molecular formula is C17H30KLiO4. The monoisotopic (exact) mass is 344 g/mol. The van der Waals surface area contributed by atoms with Crippen LogP contribution in [0.3, 0.4) is 0 Å². The molecule has 0 fully saturated rings. The summed E-state index contributed by atoms with van der Waals surface area (Å²) in [4.78, 5) is 22.7. The molecule has 0 aliphatic rings. The van der Waals surface area contributed by atoms with Gasteiger partial charge in [-0.2, -0.15) is 0 Å². The second kappa shape index (κ2) is 18.0. The molecule has 0 aliphatic carbocycles. The molecule has 0 rings (SSSR count). The molecule has 0 aliphatic heterocycles. The van der Waals surface area contributed by atoms with Crippen LogP contribution >= 0.6 is 0 Å². The third-order valence-corrected chi connectivity index (χ3v) is 4.20. The van der Waals surface area contributed by atoms with E-state index in [0.29, 0.717) is 12.8 Å². The van der Waals surface area contributed by atoms with Crippen molar-refractivity contribution in [3.8, 4) is 0 Å². The third-order valence-electron chi connectivity index (χ3n) is 4.20. The molecule has 0 aromatic carbocycles. The number of unbranched alkanes of at least 4 members (excludes halogenated alkanes) is 8. The minimum absolute atomic E-state index is 0. The van der Waals surface area contributed by atoms with Crippen molar-refractivity contribution in [2.45, 2.75) is 90.9 Å². The summed E-state index contributed by atoms with van der Waals surface area (Å²) in [6.07, 6.45) is 9.65. The zero-order valence-electron chi connectivity index (χ0n) is 15.6. The summed E-state index contributed by atoms with van der Waals surface area (Å²) in [6.45, 7) is 4.20. The van der Waals surface area contributed by atoms with Crippen LogP contribution in [0.15, 0.2) is 0 Å². The van der Waals surface area contributed by atoms with Gasteiger partial charge in [0.2, 0.25) is 0 Å². The summed E-state index contributed by atoms with van der Waals surface area (Å²) in [5.74, 6) is -2.96. The quantitative estimate of drug-likeness (QED) is 0.184. The van der Waals surface area contributed by atoms with E-state index in [0.717, 1.165) is 51.4 Å². The second-order valence-corrected chi connectivity index (χ2v) is 5.99. The first-order valence-electron chi connectivity index (χ1n) is 8.44. The fourth-order valence-electron chi connectivity index (χ4n) is 2.68. The first-order chi connectivity index (χ1) is 10.0. The zero-order valence-corrected chi connectivity index (χ0v) is 18.7. The summed E-state index contributed by atoms with van der Waals surface area (Å²) >= 11 is 0. The van der Waals surface area contributed by atoms with E-state index in [-0.39, 0.29) is 83.1 Å². The van der Waals surface area contributed by atoms with Gasteiger partial charge < -0.3 is 19.8 Å². The number of carbonyl (C=O) groups excluding carboxylic acids is 2. The molecule has 0 N–H and O–H groups in total. The predicted octanol–water partition coefficient (Wildman–Crippen LogP) is -3.80. The molecule has 0 bridgehead atoms. The number of hydrogen-bond acceptors (Lipinski definition) is 4.